The van der Waals surface area contributed by atoms with E-state index in [0.29, 0.717) is 12.0 Å². The average molecular weight is 328 g/mol. The predicted octanol–water partition coefficient (Wildman–Crippen LogP) is 3.47. The van der Waals surface area contributed by atoms with Gasteiger partial charge in [-0.15, -0.1) is 0 Å². The van der Waals surface area contributed by atoms with E-state index in [2.05, 4.69) is 5.32 Å². The first kappa shape index (κ1) is 17.8. The van der Waals surface area contributed by atoms with Gasteiger partial charge in [0.15, 0.2) is 0 Å². The molecule has 0 saturated carbocycles. The normalized spacial score (nSPS) is 11.3. The maximum Gasteiger partial charge on any atom is 0.303 e. The van der Waals surface area contributed by atoms with E-state index in [4.69, 9.17) is 5.11 Å². The molecule has 0 unspecified atom stereocenters. The number of carboxylic acids is 1. The molecule has 128 valence electrons. The number of amides is 1. The van der Waals surface area contributed by atoms with Crippen LogP contribution in [0.5, 0.6) is 0 Å². The molecular weight excluding hydrogens is 304 g/mol. The number of aliphatic carboxylic acids is 1. The molecule has 0 spiro atoms. The van der Waals surface area contributed by atoms with Crippen LogP contribution in [0, 0.1) is 13.8 Å². The minimum absolute atomic E-state index is 0.0241. The Kier molecular flexibility index (Phi) is 5.12. The molecule has 1 aromatic heterocycles. The van der Waals surface area contributed by atoms with Crippen LogP contribution >= 0.6 is 0 Å². The quantitative estimate of drug-likeness (QED) is 0.853. The summed E-state index contributed by atoms with van der Waals surface area (Å²) in [5.41, 5.74) is 2.89. The van der Waals surface area contributed by atoms with Crippen molar-refractivity contribution < 1.29 is 14.7 Å². The Morgan fingerprint density at radius 1 is 1.17 bits per heavy atom. The summed E-state index contributed by atoms with van der Waals surface area (Å²) < 4.78 is 2.04. The van der Waals surface area contributed by atoms with Crippen LogP contribution in [0.3, 0.4) is 0 Å². The van der Waals surface area contributed by atoms with E-state index < -0.39 is 11.5 Å². The molecule has 2 N–H and O–H groups in total. The molecule has 0 aliphatic heterocycles. The van der Waals surface area contributed by atoms with E-state index in [1.54, 1.807) is 0 Å². The topological polar surface area (TPSA) is 71.3 Å². The number of carbonyl (C=O) groups is 2. The lowest BCUT2D eigenvalue weighted by Gasteiger charge is -2.25. The number of hydrogen-bond donors (Lipinski definition) is 2. The predicted molar refractivity (Wildman–Crippen MR) is 93.7 cm³/mol. The first-order valence-electron chi connectivity index (χ1n) is 8.00. The number of carboxylic acid groups (broad SMARTS) is 1. The third-order valence-corrected chi connectivity index (χ3v) is 4.11. The van der Waals surface area contributed by atoms with Crippen LogP contribution in [0.15, 0.2) is 36.4 Å². The highest BCUT2D eigenvalue weighted by molar-refractivity contribution is 5.96. The highest BCUT2D eigenvalue weighted by Gasteiger charge is 2.24. The van der Waals surface area contributed by atoms with Crippen molar-refractivity contribution in [2.24, 2.45) is 0 Å². The Morgan fingerprint density at radius 3 is 2.38 bits per heavy atom. The first-order chi connectivity index (χ1) is 11.2. The fourth-order valence-electron chi connectivity index (χ4n) is 2.82. The number of benzene rings is 1. The van der Waals surface area contributed by atoms with Gasteiger partial charge in [0, 0.05) is 29.0 Å². The van der Waals surface area contributed by atoms with Crippen LogP contribution in [0.1, 0.15) is 48.4 Å². The van der Waals surface area contributed by atoms with Gasteiger partial charge in [-0.3, -0.25) is 9.59 Å². The number of aromatic nitrogens is 1. The Balaban J connectivity index is 2.24. The molecule has 0 saturated heterocycles. The van der Waals surface area contributed by atoms with Crippen molar-refractivity contribution in [3.05, 3.63) is 53.3 Å². The maximum absolute atomic E-state index is 12.7. The van der Waals surface area contributed by atoms with Crippen molar-refractivity contribution in [1.82, 2.24) is 9.88 Å². The van der Waals surface area contributed by atoms with Gasteiger partial charge in [-0.1, -0.05) is 18.2 Å². The van der Waals surface area contributed by atoms with E-state index in [-0.39, 0.29) is 12.3 Å². The zero-order valence-electron chi connectivity index (χ0n) is 14.6. The van der Waals surface area contributed by atoms with E-state index in [1.807, 2.05) is 68.7 Å². The van der Waals surface area contributed by atoms with Gasteiger partial charge >= 0.3 is 5.97 Å². The van der Waals surface area contributed by atoms with E-state index in [1.165, 1.54) is 0 Å². The van der Waals surface area contributed by atoms with Crippen LogP contribution < -0.4 is 5.32 Å². The van der Waals surface area contributed by atoms with Gasteiger partial charge < -0.3 is 15.0 Å². The van der Waals surface area contributed by atoms with E-state index in [0.717, 1.165) is 17.1 Å². The summed E-state index contributed by atoms with van der Waals surface area (Å²) in [5.74, 6) is -1.04. The minimum atomic E-state index is -0.862. The second kappa shape index (κ2) is 6.91. The Bertz CT molecular complexity index is 745. The molecule has 0 bridgehead atoms. The molecular formula is C19H24N2O3. The highest BCUT2D eigenvalue weighted by atomic mass is 16.4. The van der Waals surface area contributed by atoms with Gasteiger partial charge in [-0.25, -0.2) is 0 Å². The molecule has 0 fully saturated rings. The molecule has 2 aromatic rings. The van der Waals surface area contributed by atoms with Crippen LogP contribution in [0.2, 0.25) is 0 Å². The van der Waals surface area contributed by atoms with Gasteiger partial charge in [0.25, 0.3) is 5.91 Å². The molecule has 0 radical (unpaired) electrons. The van der Waals surface area contributed by atoms with Gasteiger partial charge in [0.1, 0.15) is 0 Å². The van der Waals surface area contributed by atoms with Crippen molar-refractivity contribution in [3.8, 4) is 5.69 Å². The summed E-state index contributed by atoms with van der Waals surface area (Å²) in [5, 5.41) is 11.8. The van der Waals surface area contributed by atoms with E-state index >= 15 is 0 Å². The Hall–Kier alpha value is -2.56. The lowest BCUT2D eigenvalue weighted by atomic mass is 9.98. The van der Waals surface area contributed by atoms with Crippen molar-refractivity contribution in [2.75, 3.05) is 0 Å². The lowest BCUT2D eigenvalue weighted by molar-refractivity contribution is -0.137. The van der Waals surface area contributed by atoms with Crippen molar-refractivity contribution in [3.63, 3.8) is 0 Å². The molecule has 5 nitrogen and oxygen atoms in total. The molecule has 1 amide bonds. The van der Waals surface area contributed by atoms with Crippen molar-refractivity contribution >= 4 is 11.9 Å². The van der Waals surface area contributed by atoms with Gasteiger partial charge in [0.2, 0.25) is 0 Å². The van der Waals surface area contributed by atoms with Crippen LogP contribution in [0.25, 0.3) is 5.69 Å². The summed E-state index contributed by atoms with van der Waals surface area (Å²) in [7, 11) is 0. The third-order valence-electron chi connectivity index (χ3n) is 4.11. The molecule has 1 heterocycles. The zero-order valence-corrected chi connectivity index (χ0v) is 14.6. The number of para-hydroxylation sites is 1. The second-order valence-corrected chi connectivity index (χ2v) is 6.69. The van der Waals surface area contributed by atoms with Crippen LogP contribution in [-0.4, -0.2) is 27.1 Å². The smallest absolute Gasteiger partial charge is 0.303 e. The number of nitrogens with one attached hydrogen (secondary N) is 1. The molecule has 2 rings (SSSR count). The molecule has 24 heavy (non-hydrogen) atoms. The number of carbonyl (C=O) groups excluding carboxylic acids is 1. The fourth-order valence-corrected chi connectivity index (χ4v) is 2.82. The number of aryl methyl sites for hydroxylation is 1. The van der Waals surface area contributed by atoms with Gasteiger partial charge in [-0.2, -0.15) is 0 Å². The summed E-state index contributed by atoms with van der Waals surface area (Å²) in [6, 6.07) is 11.7. The van der Waals surface area contributed by atoms with Gasteiger partial charge in [0.05, 0.1) is 5.56 Å². The fraction of sp³-hybridized carbons (Fsp3) is 0.368. The minimum Gasteiger partial charge on any atom is -0.481 e. The van der Waals surface area contributed by atoms with Crippen LogP contribution in [0.4, 0.5) is 0 Å². The van der Waals surface area contributed by atoms with Gasteiger partial charge in [-0.05, 0) is 52.3 Å². The Labute approximate surface area is 142 Å². The number of rotatable bonds is 6. The van der Waals surface area contributed by atoms with E-state index in [9.17, 15) is 9.59 Å². The second-order valence-electron chi connectivity index (χ2n) is 6.69. The Morgan fingerprint density at radius 2 is 1.79 bits per heavy atom. The SMILES string of the molecule is Cc1cc(C(=O)NC(C)(C)CCC(=O)O)c(C)n1-c1ccccc1. The summed E-state index contributed by atoms with van der Waals surface area (Å²) in [4.78, 5) is 23.4. The van der Waals surface area contributed by atoms with Crippen molar-refractivity contribution in [1.29, 1.82) is 0 Å². The standard InChI is InChI=1S/C19H24N2O3/c1-13-12-16(14(2)21(13)15-8-6-5-7-9-15)18(24)20-19(3,4)11-10-17(22)23/h5-9,12H,10-11H2,1-4H3,(H,20,24)(H,22,23). The average Bonchev–Trinajstić information content (AvgIpc) is 2.81. The lowest BCUT2D eigenvalue weighted by Crippen LogP contribution is -2.43. The molecule has 0 aliphatic carbocycles. The summed E-state index contributed by atoms with van der Waals surface area (Å²) in [6.07, 6.45) is 0.405. The molecule has 0 aliphatic rings. The molecule has 1 aromatic carbocycles. The summed E-state index contributed by atoms with van der Waals surface area (Å²) >= 11 is 0. The third kappa shape index (κ3) is 4.04. The van der Waals surface area contributed by atoms with Crippen molar-refractivity contribution in [2.45, 2.75) is 46.1 Å². The first-order valence-corrected chi connectivity index (χ1v) is 8.00. The number of hydrogen-bond acceptors (Lipinski definition) is 2. The molecule has 0 atom stereocenters. The zero-order chi connectivity index (χ0) is 17.9. The van der Waals surface area contributed by atoms with Crippen LogP contribution in [-0.2, 0) is 4.79 Å². The molecule has 5 heteroatoms. The summed E-state index contributed by atoms with van der Waals surface area (Å²) in [6.45, 7) is 7.56. The monoisotopic (exact) mass is 328 g/mol. The highest BCUT2D eigenvalue weighted by Crippen LogP contribution is 2.22. The largest absolute Gasteiger partial charge is 0.481 e. The maximum atomic E-state index is 12.7. The number of nitrogens with zero attached hydrogens (tertiary/aromatic N) is 1.